The molecule has 20 heavy (non-hydrogen) atoms. The van der Waals surface area contributed by atoms with Crippen LogP contribution in [0.25, 0.3) is 0 Å². The summed E-state index contributed by atoms with van der Waals surface area (Å²) in [5.74, 6) is 0. The fourth-order valence-electron chi connectivity index (χ4n) is 2.27. The summed E-state index contributed by atoms with van der Waals surface area (Å²) in [6.45, 7) is 14.5. The molecule has 0 saturated heterocycles. The molecular formula is C19H27N. The van der Waals surface area contributed by atoms with Crippen molar-refractivity contribution in [3.8, 4) is 0 Å². The molecule has 0 aliphatic carbocycles. The maximum atomic E-state index is 4.51. The van der Waals surface area contributed by atoms with E-state index in [1.807, 2.05) is 20.1 Å². The first-order chi connectivity index (χ1) is 9.45. The Bertz CT molecular complexity index is 533. The first-order valence-electron chi connectivity index (χ1n) is 7.36. The van der Waals surface area contributed by atoms with Crippen LogP contribution in [0.2, 0.25) is 0 Å². The normalized spacial score (nSPS) is 12.7. The fraction of sp³-hybridized carbons (Fsp3) is 0.421. The van der Waals surface area contributed by atoms with Crippen molar-refractivity contribution in [1.29, 1.82) is 0 Å². The average molecular weight is 269 g/mol. The molecule has 1 rings (SSSR count). The van der Waals surface area contributed by atoms with Gasteiger partial charge in [0.05, 0.1) is 0 Å². The van der Waals surface area contributed by atoms with E-state index < -0.39 is 0 Å². The molecule has 0 amide bonds. The van der Waals surface area contributed by atoms with Gasteiger partial charge in [-0.15, -0.1) is 0 Å². The SMILES string of the molecule is C=C(C)/C(C)=C(/CCCc1cc(C)ccc1C)N=CC. The van der Waals surface area contributed by atoms with Gasteiger partial charge in [0.2, 0.25) is 0 Å². The van der Waals surface area contributed by atoms with Gasteiger partial charge in [0.1, 0.15) is 0 Å². The van der Waals surface area contributed by atoms with Gasteiger partial charge in [-0.2, -0.15) is 0 Å². The largest absolute Gasteiger partial charge is 0.266 e. The molecule has 0 aromatic heterocycles. The molecule has 1 heteroatoms. The highest BCUT2D eigenvalue weighted by atomic mass is 14.7. The van der Waals surface area contributed by atoms with Crippen LogP contribution in [0.1, 0.15) is 50.3 Å². The number of aryl methyl sites for hydroxylation is 3. The molecule has 1 aromatic rings. The molecule has 0 spiro atoms. The average Bonchev–Trinajstić information content (AvgIpc) is 2.40. The van der Waals surface area contributed by atoms with Gasteiger partial charge in [0.15, 0.2) is 0 Å². The van der Waals surface area contributed by atoms with Crippen LogP contribution in [0.4, 0.5) is 0 Å². The Morgan fingerprint density at radius 1 is 1.25 bits per heavy atom. The van der Waals surface area contributed by atoms with Crippen molar-refractivity contribution in [2.45, 2.75) is 53.9 Å². The number of nitrogens with zero attached hydrogens (tertiary/aromatic N) is 1. The van der Waals surface area contributed by atoms with Crippen LogP contribution in [0.5, 0.6) is 0 Å². The summed E-state index contributed by atoms with van der Waals surface area (Å²) in [6, 6.07) is 6.69. The van der Waals surface area contributed by atoms with Crippen molar-refractivity contribution in [3.63, 3.8) is 0 Å². The quantitative estimate of drug-likeness (QED) is 0.473. The molecule has 0 radical (unpaired) electrons. The summed E-state index contributed by atoms with van der Waals surface area (Å²) in [5, 5.41) is 0. The monoisotopic (exact) mass is 269 g/mol. The van der Waals surface area contributed by atoms with Gasteiger partial charge >= 0.3 is 0 Å². The molecule has 0 N–H and O–H groups in total. The van der Waals surface area contributed by atoms with Gasteiger partial charge in [-0.25, -0.2) is 0 Å². The second-order valence-corrected chi connectivity index (χ2v) is 5.52. The topological polar surface area (TPSA) is 12.4 Å². The Balaban J connectivity index is 2.73. The maximum absolute atomic E-state index is 4.51. The zero-order valence-corrected chi connectivity index (χ0v) is 13.6. The van der Waals surface area contributed by atoms with E-state index in [-0.39, 0.29) is 0 Å². The lowest BCUT2D eigenvalue weighted by Gasteiger charge is -2.10. The molecule has 0 heterocycles. The van der Waals surface area contributed by atoms with E-state index >= 15 is 0 Å². The standard InChI is InChI=1S/C19H27N/c1-7-20-19(17(6)14(2)3)10-8-9-18-13-15(4)11-12-16(18)5/h7,11-13H,2,8-10H2,1,3-6H3/b19-17-,20-7?. The lowest BCUT2D eigenvalue weighted by molar-refractivity contribution is 0.794. The van der Waals surface area contributed by atoms with Crippen LogP contribution in [-0.4, -0.2) is 6.21 Å². The van der Waals surface area contributed by atoms with Crippen molar-refractivity contribution < 1.29 is 0 Å². The van der Waals surface area contributed by atoms with E-state index in [0.717, 1.165) is 24.8 Å². The Morgan fingerprint density at radius 3 is 2.55 bits per heavy atom. The number of rotatable bonds is 6. The lowest BCUT2D eigenvalue weighted by atomic mass is 9.98. The minimum atomic E-state index is 1.01. The predicted octanol–water partition coefficient (Wildman–Crippen LogP) is 5.57. The van der Waals surface area contributed by atoms with E-state index in [4.69, 9.17) is 0 Å². The van der Waals surface area contributed by atoms with E-state index in [9.17, 15) is 0 Å². The molecule has 0 aliphatic rings. The Morgan fingerprint density at radius 2 is 1.95 bits per heavy atom. The van der Waals surface area contributed by atoms with Crippen LogP contribution in [0.3, 0.4) is 0 Å². The van der Waals surface area contributed by atoms with Gasteiger partial charge in [0.25, 0.3) is 0 Å². The predicted molar refractivity (Wildman–Crippen MR) is 90.5 cm³/mol. The van der Waals surface area contributed by atoms with Crippen LogP contribution < -0.4 is 0 Å². The number of benzene rings is 1. The van der Waals surface area contributed by atoms with Gasteiger partial charge in [-0.3, -0.25) is 4.99 Å². The number of aliphatic imine (C=N–C) groups is 1. The molecule has 0 unspecified atom stereocenters. The third-order valence-electron chi connectivity index (χ3n) is 3.72. The summed E-state index contributed by atoms with van der Waals surface area (Å²) in [6.07, 6.45) is 5.12. The van der Waals surface area contributed by atoms with Crippen molar-refractivity contribution in [2.24, 2.45) is 4.99 Å². The zero-order chi connectivity index (χ0) is 15.1. The highest BCUT2D eigenvalue weighted by molar-refractivity contribution is 5.56. The summed E-state index contributed by atoms with van der Waals surface area (Å²) >= 11 is 0. The van der Waals surface area contributed by atoms with E-state index in [0.29, 0.717) is 0 Å². The minimum absolute atomic E-state index is 1.01. The highest BCUT2D eigenvalue weighted by Gasteiger charge is 2.04. The molecule has 1 nitrogen and oxygen atoms in total. The third-order valence-corrected chi connectivity index (χ3v) is 3.72. The molecule has 0 aliphatic heterocycles. The van der Waals surface area contributed by atoms with Crippen molar-refractivity contribution >= 4 is 6.21 Å². The summed E-state index contributed by atoms with van der Waals surface area (Å²) in [5.41, 5.74) is 7.69. The third kappa shape index (κ3) is 4.80. The fourth-order valence-corrected chi connectivity index (χ4v) is 2.27. The van der Waals surface area contributed by atoms with Crippen molar-refractivity contribution in [1.82, 2.24) is 0 Å². The minimum Gasteiger partial charge on any atom is -0.266 e. The van der Waals surface area contributed by atoms with Gasteiger partial charge in [-0.1, -0.05) is 35.9 Å². The van der Waals surface area contributed by atoms with Crippen LogP contribution >= 0.6 is 0 Å². The number of allylic oxidation sites excluding steroid dienone is 3. The molecule has 1 aromatic carbocycles. The smallest absolute Gasteiger partial charge is 0.0431 e. The van der Waals surface area contributed by atoms with E-state index in [2.05, 4.69) is 50.5 Å². The summed E-state index contributed by atoms with van der Waals surface area (Å²) in [7, 11) is 0. The van der Waals surface area contributed by atoms with Crippen molar-refractivity contribution in [2.75, 3.05) is 0 Å². The van der Waals surface area contributed by atoms with Gasteiger partial charge < -0.3 is 0 Å². The molecule has 0 bridgehead atoms. The maximum Gasteiger partial charge on any atom is 0.0431 e. The van der Waals surface area contributed by atoms with Crippen LogP contribution in [0, 0.1) is 13.8 Å². The first-order valence-corrected chi connectivity index (χ1v) is 7.36. The highest BCUT2D eigenvalue weighted by Crippen LogP contribution is 2.20. The second kappa shape index (κ2) is 7.84. The van der Waals surface area contributed by atoms with Crippen LogP contribution in [-0.2, 0) is 6.42 Å². The van der Waals surface area contributed by atoms with Crippen molar-refractivity contribution in [3.05, 3.63) is 58.3 Å². The van der Waals surface area contributed by atoms with Gasteiger partial charge in [-0.05, 0) is 70.6 Å². The molecule has 108 valence electrons. The number of hydrogen-bond acceptors (Lipinski definition) is 1. The van der Waals surface area contributed by atoms with Crippen LogP contribution in [0.15, 0.2) is 46.6 Å². The number of hydrogen-bond donors (Lipinski definition) is 0. The molecular weight excluding hydrogens is 242 g/mol. The van der Waals surface area contributed by atoms with E-state index in [1.165, 1.54) is 28.0 Å². The van der Waals surface area contributed by atoms with Gasteiger partial charge in [0, 0.05) is 11.9 Å². The Labute approximate surface area is 124 Å². The molecule has 0 fully saturated rings. The summed E-state index contributed by atoms with van der Waals surface area (Å²) < 4.78 is 0. The zero-order valence-electron chi connectivity index (χ0n) is 13.6. The Hall–Kier alpha value is -1.63. The molecule has 0 atom stereocenters. The molecule has 0 saturated carbocycles. The van der Waals surface area contributed by atoms with E-state index in [1.54, 1.807) is 0 Å². The summed E-state index contributed by atoms with van der Waals surface area (Å²) in [4.78, 5) is 4.51. The Kier molecular flexibility index (Phi) is 6.44. The first kappa shape index (κ1) is 16.4. The lowest BCUT2D eigenvalue weighted by Crippen LogP contribution is -1.94. The second-order valence-electron chi connectivity index (χ2n) is 5.52.